The van der Waals surface area contributed by atoms with Crippen LogP contribution in [0, 0.1) is 18.8 Å². The van der Waals surface area contributed by atoms with Gasteiger partial charge in [0.2, 0.25) is 0 Å². The van der Waals surface area contributed by atoms with Gasteiger partial charge in [-0.15, -0.1) is 0 Å². The molecule has 0 spiro atoms. The number of hydrogen-bond donors (Lipinski definition) is 1. The highest BCUT2D eigenvalue weighted by Crippen LogP contribution is 2.42. The summed E-state index contributed by atoms with van der Waals surface area (Å²) in [6, 6.07) is 3.94. The molecule has 1 aromatic rings. The lowest BCUT2D eigenvalue weighted by atomic mass is 10.0. The molecule has 1 fully saturated rings. The van der Waals surface area contributed by atoms with Gasteiger partial charge >= 0.3 is 5.97 Å². The number of aliphatic carboxylic acids is 1. The summed E-state index contributed by atoms with van der Waals surface area (Å²) in [6.07, 6.45) is 3.48. The van der Waals surface area contributed by atoms with Crippen molar-refractivity contribution in [2.45, 2.75) is 39.5 Å². The van der Waals surface area contributed by atoms with E-state index in [1.54, 1.807) is 0 Å². The number of hydrogen-bond acceptors (Lipinski definition) is 2. The zero-order valence-corrected chi connectivity index (χ0v) is 12.7. The number of halogens is 1. The molecule has 0 aliphatic heterocycles. The van der Waals surface area contributed by atoms with Crippen molar-refractivity contribution in [1.82, 2.24) is 0 Å². The Morgan fingerprint density at radius 3 is 2.85 bits per heavy atom. The third-order valence-electron chi connectivity index (χ3n) is 3.83. The van der Waals surface area contributed by atoms with E-state index in [9.17, 15) is 4.79 Å². The van der Waals surface area contributed by atoms with Crippen LogP contribution in [0.5, 0.6) is 5.75 Å². The minimum absolute atomic E-state index is 0.143. The smallest absolute Gasteiger partial charge is 0.306 e. The zero-order chi connectivity index (χ0) is 14.7. The third-order valence-corrected chi connectivity index (χ3v) is 4.23. The van der Waals surface area contributed by atoms with Gasteiger partial charge in [0, 0.05) is 5.02 Å². The molecule has 4 heteroatoms. The molecule has 1 aliphatic rings. The fourth-order valence-electron chi connectivity index (χ4n) is 2.45. The van der Waals surface area contributed by atoms with Gasteiger partial charge in [0.05, 0.1) is 12.5 Å². The van der Waals surface area contributed by atoms with E-state index >= 15 is 0 Å². The summed E-state index contributed by atoms with van der Waals surface area (Å²) in [6.45, 7) is 4.73. The van der Waals surface area contributed by atoms with Crippen molar-refractivity contribution in [3.8, 4) is 5.75 Å². The molecule has 1 N–H and O–H groups in total. The maximum Gasteiger partial charge on any atom is 0.306 e. The van der Waals surface area contributed by atoms with Crippen molar-refractivity contribution in [3.63, 3.8) is 0 Å². The molecule has 1 aliphatic carbocycles. The van der Waals surface area contributed by atoms with E-state index in [0.29, 0.717) is 12.5 Å². The van der Waals surface area contributed by atoms with Crippen molar-refractivity contribution < 1.29 is 14.6 Å². The number of carboxylic acids is 1. The molecule has 0 radical (unpaired) electrons. The second-order valence-corrected chi connectivity index (χ2v) is 5.94. The number of benzene rings is 1. The van der Waals surface area contributed by atoms with Gasteiger partial charge in [0.25, 0.3) is 0 Å². The van der Waals surface area contributed by atoms with Crippen molar-refractivity contribution in [3.05, 3.63) is 28.3 Å². The number of carbonyl (C=O) groups is 1. The molecule has 0 aromatic heterocycles. The van der Waals surface area contributed by atoms with Crippen LogP contribution in [0.2, 0.25) is 5.02 Å². The minimum atomic E-state index is -0.667. The molecule has 1 aromatic carbocycles. The zero-order valence-electron chi connectivity index (χ0n) is 12.0. The lowest BCUT2D eigenvalue weighted by Crippen LogP contribution is -2.02. The molecule has 2 rings (SSSR count). The normalized spacial score (nSPS) is 20.8. The Morgan fingerprint density at radius 2 is 2.25 bits per heavy atom. The van der Waals surface area contributed by atoms with Gasteiger partial charge in [-0.1, -0.05) is 18.5 Å². The van der Waals surface area contributed by atoms with Crippen molar-refractivity contribution in [2.24, 2.45) is 11.8 Å². The summed E-state index contributed by atoms with van der Waals surface area (Å²) in [5.74, 6) is 0.392. The molecule has 3 nitrogen and oxygen atoms in total. The molecule has 0 saturated heterocycles. The highest BCUT2D eigenvalue weighted by atomic mass is 35.5. The monoisotopic (exact) mass is 296 g/mol. The average Bonchev–Trinajstić information content (AvgIpc) is 3.17. The van der Waals surface area contributed by atoms with E-state index in [0.717, 1.165) is 47.6 Å². The van der Waals surface area contributed by atoms with E-state index < -0.39 is 5.97 Å². The fraction of sp³-hybridized carbons (Fsp3) is 0.562. The molecule has 20 heavy (non-hydrogen) atoms. The first kappa shape index (κ1) is 15.2. The number of rotatable bonds is 7. The number of aryl methyl sites for hydroxylation is 2. The summed E-state index contributed by atoms with van der Waals surface area (Å²) in [4.78, 5) is 10.8. The van der Waals surface area contributed by atoms with Crippen LogP contribution >= 0.6 is 11.6 Å². The van der Waals surface area contributed by atoms with E-state index in [-0.39, 0.29) is 5.92 Å². The predicted molar refractivity (Wildman–Crippen MR) is 79.5 cm³/mol. The van der Waals surface area contributed by atoms with Crippen molar-refractivity contribution in [1.29, 1.82) is 0 Å². The molecule has 1 saturated carbocycles. The quantitative estimate of drug-likeness (QED) is 0.824. The summed E-state index contributed by atoms with van der Waals surface area (Å²) in [7, 11) is 0. The third kappa shape index (κ3) is 3.66. The fourth-order valence-corrected chi connectivity index (χ4v) is 2.63. The first-order valence-electron chi connectivity index (χ1n) is 7.17. The number of ether oxygens (including phenoxy) is 1. The standard InChI is InChI=1S/C16H21ClO3/c1-3-6-20-15-7-10(2)14(17)9-12(15)5-4-11-8-13(11)16(18)19/h7,9,11,13H,3-6,8H2,1-2H3,(H,18,19). The van der Waals surface area contributed by atoms with Crippen molar-refractivity contribution in [2.75, 3.05) is 6.61 Å². The molecule has 2 unspecified atom stereocenters. The molecule has 2 atom stereocenters. The first-order valence-corrected chi connectivity index (χ1v) is 7.55. The lowest BCUT2D eigenvalue weighted by molar-refractivity contribution is -0.138. The topological polar surface area (TPSA) is 46.5 Å². The van der Waals surface area contributed by atoms with Crippen LogP contribution in [0.15, 0.2) is 12.1 Å². The minimum Gasteiger partial charge on any atom is -0.493 e. The largest absolute Gasteiger partial charge is 0.493 e. The Bertz CT molecular complexity index is 499. The van der Waals surface area contributed by atoms with E-state index in [1.807, 2.05) is 19.1 Å². The van der Waals surface area contributed by atoms with Gasteiger partial charge in [0.1, 0.15) is 5.75 Å². The van der Waals surface area contributed by atoms with Gasteiger partial charge < -0.3 is 9.84 Å². The van der Waals surface area contributed by atoms with Crippen LogP contribution < -0.4 is 4.74 Å². The second-order valence-electron chi connectivity index (χ2n) is 5.54. The van der Waals surface area contributed by atoms with E-state index in [1.165, 1.54) is 0 Å². The molecule has 0 heterocycles. The summed E-state index contributed by atoms with van der Waals surface area (Å²) < 4.78 is 5.77. The summed E-state index contributed by atoms with van der Waals surface area (Å²) in [5, 5.41) is 9.67. The van der Waals surface area contributed by atoms with E-state index in [4.69, 9.17) is 21.4 Å². The van der Waals surface area contributed by atoms with Crippen LogP contribution in [-0.2, 0) is 11.2 Å². The van der Waals surface area contributed by atoms with Crippen LogP contribution in [0.4, 0.5) is 0 Å². The average molecular weight is 297 g/mol. The highest BCUT2D eigenvalue weighted by Gasteiger charge is 2.42. The summed E-state index contributed by atoms with van der Waals surface area (Å²) in [5.41, 5.74) is 2.10. The highest BCUT2D eigenvalue weighted by molar-refractivity contribution is 6.31. The van der Waals surface area contributed by atoms with Gasteiger partial charge in [-0.3, -0.25) is 4.79 Å². The maximum absolute atomic E-state index is 10.8. The molecule has 0 bridgehead atoms. The lowest BCUT2D eigenvalue weighted by Gasteiger charge is -2.13. The Kier molecular flexibility index (Phi) is 4.92. The maximum atomic E-state index is 10.8. The summed E-state index contributed by atoms with van der Waals surface area (Å²) >= 11 is 6.18. The van der Waals surface area contributed by atoms with Crippen molar-refractivity contribution >= 4 is 17.6 Å². The van der Waals surface area contributed by atoms with Gasteiger partial charge in [-0.05, 0) is 61.8 Å². The number of carboxylic acid groups (broad SMARTS) is 1. The molecular formula is C16H21ClO3. The molecule has 0 amide bonds. The van der Waals surface area contributed by atoms with Gasteiger partial charge in [-0.25, -0.2) is 0 Å². The van der Waals surface area contributed by atoms with Crippen LogP contribution in [0.1, 0.15) is 37.3 Å². The second kappa shape index (κ2) is 6.49. The van der Waals surface area contributed by atoms with Gasteiger partial charge in [0.15, 0.2) is 0 Å². The Labute approximate surface area is 124 Å². The van der Waals surface area contributed by atoms with Gasteiger partial charge in [-0.2, -0.15) is 0 Å². The van der Waals surface area contributed by atoms with Crippen LogP contribution in [0.25, 0.3) is 0 Å². The van der Waals surface area contributed by atoms with Crippen LogP contribution in [-0.4, -0.2) is 17.7 Å². The first-order chi connectivity index (χ1) is 9.52. The Balaban J connectivity index is 2.02. The Hall–Kier alpha value is -1.22. The molecule has 110 valence electrons. The van der Waals surface area contributed by atoms with Crippen LogP contribution in [0.3, 0.4) is 0 Å². The van der Waals surface area contributed by atoms with E-state index in [2.05, 4.69) is 6.92 Å². The Morgan fingerprint density at radius 1 is 1.50 bits per heavy atom. The molecular weight excluding hydrogens is 276 g/mol. The SMILES string of the molecule is CCCOc1cc(C)c(Cl)cc1CCC1CC1C(=O)O. The predicted octanol–water partition coefficient (Wildman–Crippen LogP) is 4.09.